The Labute approximate surface area is 241 Å². The number of sulfonamides is 1. The molecule has 0 aliphatic rings. The van der Waals surface area contributed by atoms with E-state index in [0.29, 0.717) is 17.2 Å². The Bertz CT molecular complexity index is 1380. The highest BCUT2D eigenvalue weighted by atomic mass is 35.5. The average molecular weight is 586 g/mol. The van der Waals surface area contributed by atoms with Crippen LogP contribution in [0.4, 0.5) is 5.69 Å². The fourth-order valence-corrected chi connectivity index (χ4v) is 5.78. The molecule has 40 heavy (non-hydrogen) atoms. The minimum atomic E-state index is -4.15. The standard InChI is InChI=1S/C30H36ClN3O5S/c1-5-22(3)32-30(36)28(6-2)33(20-23-15-17-26(39-4)18-16-23)29(35)21-34(25-12-10-11-24(31)19-25)40(37,38)27-13-8-7-9-14-27/h7-19,22,28H,5-6,20-21H2,1-4H3,(H,32,36)/t22-,28-/m0/s1. The van der Waals surface area contributed by atoms with Crippen molar-refractivity contribution < 1.29 is 22.7 Å². The molecule has 0 spiro atoms. The summed E-state index contributed by atoms with van der Waals surface area (Å²) in [6.45, 7) is 5.26. The molecule has 0 aromatic heterocycles. The number of amides is 2. The second kappa shape index (κ2) is 14.2. The van der Waals surface area contributed by atoms with Crippen LogP contribution in [-0.2, 0) is 26.2 Å². The third-order valence-electron chi connectivity index (χ3n) is 6.61. The molecule has 0 heterocycles. The Hall–Kier alpha value is -3.56. The molecule has 3 aromatic rings. The molecule has 0 saturated carbocycles. The third kappa shape index (κ3) is 7.76. The summed E-state index contributed by atoms with van der Waals surface area (Å²) in [5, 5.41) is 3.29. The van der Waals surface area contributed by atoms with Crippen LogP contribution in [0.2, 0.25) is 5.02 Å². The van der Waals surface area contributed by atoms with Gasteiger partial charge in [-0.1, -0.05) is 61.8 Å². The lowest BCUT2D eigenvalue weighted by atomic mass is 10.1. The van der Waals surface area contributed by atoms with Crippen molar-refractivity contribution in [3.63, 3.8) is 0 Å². The molecule has 0 aliphatic heterocycles. The number of carbonyl (C=O) groups excluding carboxylic acids is 2. The van der Waals surface area contributed by atoms with E-state index in [0.717, 1.165) is 16.3 Å². The van der Waals surface area contributed by atoms with E-state index in [-0.39, 0.29) is 29.1 Å². The van der Waals surface area contributed by atoms with Gasteiger partial charge in [0, 0.05) is 17.6 Å². The van der Waals surface area contributed by atoms with E-state index >= 15 is 0 Å². The number of rotatable bonds is 13. The van der Waals surface area contributed by atoms with Crippen LogP contribution in [0.5, 0.6) is 5.75 Å². The van der Waals surface area contributed by atoms with Crippen LogP contribution in [0.3, 0.4) is 0 Å². The molecule has 214 valence electrons. The minimum Gasteiger partial charge on any atom is -0.497 e. The van der Waals surface area contributed by atoms with Gasteiger partial charge in [0.2, 0.25) is 11.8 Å². The van der Waals surface area contributed by atoms with Gasteiger partial charge < -0.3 is 15.0 Å². The zero-order chi connectivity index (χ0) is 29.3. The summed E-state index contributed by atoms with van der Waals surface area (Å²) in [7, 11) is -2.58. The molecular formula is C30H36ClN3O5S. The maximum absolute atomic E-state index is 14.1. The van der Waals surface area contributed by atoms with E-state index in [1.807, 2.05) is 32.9 Å². The van der Waals surface area contributed by atoms with Crippen molar-refractivity contribution in [3.8, 4) is 5.75 Å². The van der Waals surface area contributed by atoms with Crippen molar-refractivity contribution in [2.24, 2.45) is 0 Å². The van der Waals surface area contributed by atoms with Crippen LogP contribution in [0.15, 0.2) is 83.8 Å². The van der Waals surface area contributed by atoms with Gasteiger partial charge in [-0.15, -0.1) is 0 Å². The van der Waals surface area contributed by atoms with Crippen molar-refractivity contribution >= 4 is 39.1 Å². The molecule has 0 bridgehead atoms. The second-order valence-electron chi connectivity index (χ2n) is 9.42. The first-order valence-electron chi connectivity index (χ1n) is 13.2. The molecule has 3 rings (SSSR count). The molecule has 3 aromatic carbocycles. The molecule has 0 radical (unpaired) electrons. The van der Waals surface area contributed by atoms with Crippen molar-refractivity contribution in [3.05, 3.63) is 89.4 Å². The summed E-state index contributed by atoms with van der Waals surface area (Å²) in [5.74, 6) is -0.162. The highest BCUT2D eigenvalue weighted by molar-refractivity contribution is 7.92. The van der Waals surface area contributed by atoms with Gasteiger partial charge in [0.05, 0.1) is 17.7 Å². The zero-order valence-corrected chi connectivity index (χ0v) is 24.8. The van der Waals surface area contributed by atoms with Crippen molar-refractivity contribution in [2.45, 2.75) is 57.1 Å². The van der Waals surface area contributed by atoms with E-state index < -0.39 is 28.5 Å². The smallest absolute Gasteiger partial charge is 0.264 e. The summed E-state index contributed by atoms with van der Waals surface area (Å²) in [6, 6.07) is 20.5. The lowest BCUT2D eigenvalue weighted by Crippen LogP contribution is -2.53. The first kappa shape index (κ1) is 31.0. The van der Waals surface area contributed by atoms with Gasteiger partial charge in [-0.25, -0.2) is 8.42 Å². The van der Waals surface area contributed by atoms with E-state index in [1.54, 1.807) is 55.6 Å². The second-order valence-corrected chi connectivity index (χ2v) is 11.7. The molecule has 0 unspecified atom stereocenters. The van der Waals surface area contributed by atoms with Crippen molar-refractivity contribution in [2.75, 3.05) is 18.0 Å². The average Bonchev–Trinajstić information content (AvgIpc) is 2.96. The van der Waals surface area contributed by atoms with E-state index in [4.69, 9.17) is 16.3 Å². The van der Waals surface area contributed by atoms with Gasteiger partial charge in [-0.3, -0.25) is 13.9 Å². The monoisotopic (exact) mass is 585 g/mol. The normalized spacial score (nSPS) is 12.7. The SMILES string of the molecule is CC[C@H](C)NC(=O)[C@H](CC)N(Cc1ccc(OC)cc1)C(=O)CN(c1cccc(Cl)c1)S(=O)(=O)c1ccccc1. The summed E-state index contributed by atoms with van der Waals surface area (Å²) in [4.78, 5) is 28.9. The maximum Gasteiger partial charge on any atom is 0.264 e. The van der Waals surface area contributed by atoms with Crippen molar-refractivity contribution in [1.29, 1.82) is 0 Å². The number of carbonyl (C=O) groups is 2. The molecule has 1 N–H and O–H groups in total. The molecule has 8 nitrogen and oxygen atoms in total. The van der Waals surface area contributed by atoms with Crippen LogP contribution >= 0.6 is 11.6 Å². The molecule has 0 saturated heterocycles. The van der Waals surface area contributed by atoms with Crippen LogP contribution in [0.25, 0.3) is 0 Å². The van der Waals surface area contributed by atoms with Gasteiger partial charge in [-0.2, -0.15) is 0 Å². The van der Waals surface area contributed by atoms with Crippen LogP contribution in [0, 0.1) is 0 Å². The number of ether oxygens (including phenoxy) is 1. The topological polar surface area (TPSA) is 96.0 Å². The lowest BCUT2D eigenvalue weighted by molar-refractivity contribution is -0.140. The van der Waals surface area contributed by atoms with Crippen LogP contribution < -0.4 is 14.4 Å². The highest BCUT2D eigenvalue weighted by Gasteiger charge is 2.34. The first-order valence-corrected chi connectivity index (χ1v) is 15.0. The molecule has 0 aliphatic carbocycles. The molecule has 0 fully saturated rings. The predicted molar refractivity (Wildman–Crippen MR) is 158 cm³/mol. The quantitative estimate of drug-likeness (QED) is 0.295. The highest BCUT2D eigenvalue weighted by Crippen LogP contribution is 2.27. The van der Waals surface area contributed by atoms with Crippen LogP contribution in [-0.4, -0.2) is 50.9 Å². The Morgan fingerprint density at radius 1 is 0.950 bits per heavy atom. The number of halogens is 1. The number of anilines is 1. The Morgan fingerprint density at radius 2 is 1.62 bits per heavy atom. The summed E-state index contributed by atoms with van der Waals surface area (Å²) < 4.78 is 33.9. The number of nitrogens with one attached hydrogen (secondary N) is 1. The Morgan fingerprint density at radius 3 is 2.20 bits per heavy atom. The lowest BCUT2D eigenvalue weighted by Gasteiger charge is -2.33. The molecule has 2 amide bonds. The molecular weight excluding hydrogens is 550 g/mol. The van der Waals surface area contributed by atoms with Gasteiger partial charge in [0.25, 0.3) is 10.0 Å². The van der Waals surface area contributed by atoms with E-state index in [9.17, 15) is 18.0 Å². The minimum absolute atomic E-state index is 0.0334. The van der Waals surface area contributed by atoms with Gasteiger partial charge in [0.1, 0.15) is 18.3 Å². The maximum atomic E-state index is 14.1. The number of methoxy groups -OCH3 is 1. The fourth-order valence-electron chi connectivity index (χ4n) is 4.17. The number of nitrogens with zero attached hydrogens (tertiary/aromatic N) is 2. The molecule has 2 atom stereocenters. The van der Waals surface area contributed by atoms with Gasteiger partial charge in [-0.05, 0) is 67.8 Å². The number of hydrogen-bond acceptors (Lipinski definition) is 5. The summed E-state index contributed by atoms with van der Waals surface area (Å²) in [5.41, 5.74) is 1.01. The van der Waals surface area contributed by atoms with Gasteiger partial charge >= 0.3 is 0 Å². The first-order chi connectivity index (χ1) is 19.1. The number of hydrogen-bond donors (Lipinski definition) is 1. The van der Waals surface area contributed by atoms with E-state index in [1.165, 1.54) is 23.1 Å². The number of benzene rings is 3. The van der Waals surface area contributed by atoms with Crippen molar-refractivity contribution in [1.82, 2.24) is 10.2 Å². The largest absolute Gasteiger partial charge is 0.497 e. The summed E-state index contributed by atoms with van der Waals surface area (Å²) >= 11 is 6.21. The predicted octanol–water partition coefficient (Wildman–Crippen LogP) is 5.27. The van der Waals surface area contributed by atoms with Crippen LogP contribution in [0.1, 0.15) is 39.2 Å². The van der Waals surface area contributed by atoms with Gasteiger partial charge in [0.15, 0.2) is 0 Å². The zero-order valence-electron chi connectivity index (χ0n) is 23.2. The Kier molecular flexibility index (Phi) is 11.0. The third-order valence-corrected chi connectivity index (χ3v) is 8.63. The van der Waals surface area contributed by atoms with E-state index in [2.05, 4.69) is 5.32 Å². The summed E-state index contributed by atoms with van der Waals surface area (Å²) in [6.07, 6.45) is 1.07. The fraction of sp³-hybridized carbons (Fsp3) is 0.333. The Balaban J connectivity index is 2.04. The molecule has 10 heteroatoms.